The molecule has 0 aliphatic carbocycles. The van der Waals surface area contributed by atoms with Crippen LogP contribution in [0.5, 0.6) is 0 Å². The van der Waals surface area contributed by atoms with Crippen molar-refractivity contribution in [2.45, 2.75) is 0 Å². The van der Waals surface area contributed by atoms with Crippen LogP contribution in [0.25, 0.3) is 113 Å². The summed E-state index contributed by atoms with van der Waals surface area (Å²) in [6, 6.07) is 93.7. The largest absolute Gasteiger partial charge is 0.310 e. The molecule has 0 aliphatic heterocycles. The van der Waals surface area contributed by atoms with Crippen molar-refractivity contribution in [2.24, 2.45) is 0 Å². The van der Waals surface area contributed by atoms with E-state index in [9.17, 15) is 0 Å². The van der Waals surface area contributed by atoms with Gasteiger partial charge in [0.15, 0.2) is 0 Å². The van der Waals surface area contributed by atoms with Crippen molar-refractivity contribution < 1.29 is 0 Å². The Morgan fingerprint density at radius 1 is 0.275 bits per heavy atom. The Morgan fingerprint density at radius 2 is 0.768 bits per heavy atom. The van der Waals surface area contributed by atoms with Crippen LogP contribution in [0, 0.1) is 0 Å². The van der Waals surface area contributed by atoms with Gasteiger partial charge in [-0.15, -0.1) is 11.3 Å². The summed E-state index contributed by atoms with van der Waals surface area (Å²) in [5, 5.41) is 12.8. The first kappa shape index (κ1) is 39.4. The van der Waals surface area contributed by atoms with E-state index in [0.29, 0.717) is 0 Å². The van der Waals surface area contributed by atoms with Gasteiger partial charge in [0.05, 0.1) is 11.0 Å². The predicted molar refractivity (Wildman–Crippen MR) is 297 cm³/mol. The van der Waals surface area contributed by atoms with Crippen LogP contribution in [0.1, 0.15) is 0 Å². The third-order valence-corrected chi connectivity index (χ3v) is 15.4. The molecule has 0 fully saturated rings. The Morgan fingerprint density at radius 3 is 1.48 bits per heavy atom. The molecule has 0 N–H and O–H groups in total. The van der Waals surface area contributed by atoms with Gasteiger partial charge in [-0.2, -0.15) is 0 Å². The second kappa shape index (κ2) is 16.0. The molecule has 14 aromatic rings. The maximum Gasteiger partial charge on any atom is 0.0541 e. The molecule has 0 saturated carbocycles. The molecule has 0 spiro atoms. The summed E-state index contributed by atoms with van der Waals surface area (Å²) in [4.78, 5) is 2.39. The minimum absolute atomic E-state index is 1.09. The average molecular weight is 895 g/mol. The molecule has 0 radical (unpaired) electrons. The highest BCUT2D eigenvalue weighted by atomic mass is 32.1. The quantitative estimate of drug-likeness (QED) is 0.145. The van der Waals surface area contributed by atoms with E-state index >= 15 is 0 Å². The summed E-state index contributed by atoms with van der Waals surface area (Å²) in [6.45, 7) is 0. The van der Waals surface area contributed by atoms with E-state index in [4.69, 9.17) is 0 Å². The van der Waals surface area contributed by atoms with Crippen molar-refractivity contribution in [3.05, 3.63) is 255 Å². The Bertz CT molecular complexity index is 4260. The fourth-order valence-corrected chi connectivity index (χ4v) is 12.0. The number of aromatic nitrogens is 1. The number of nitrogens with zero attached hydrogens (tertiary/aromatic N) is 2. The number of benzene rings is 12. The second-order valence-corrected chi connectivity index (χ2v) is 19.2. The molecule has 3 heteroatoms. The number of hydrogen-bond donors (Lipinski definition) is 0. The monoisotopic (exact) mass is 894 g/mol. The predicted octanol–water partition coefficient (Wildman–Crippen LogP) is 19.1. The Hall–Kier alpha value is -8.76. The Kier molecular flexibility index (Phi) is 9.11. The van der Waals surface area contributed by atoms with Gasteiger partial charge in [0.2, 0.25) is 0 Å². The second-order valence-electron chi connectivity index (χ2n) is 18.1. The molecule has 0 atom stereocenters. The lowest BCUT2D eigenvalue weighted by Crippen LogP contribution is -2.10. The van der Waals surface area contributed by atoms with E-state index in [1.807, 2.05) is 11.3 Å². The van der Waals surface area contributed by atoms with Gasteiger partial charge >= 0.3 is 0 Å². The summed E-state index contributed by atoms with van der Waals surface area (Å²) in [5.74, 6) is 0. The average Bonchev–Trinajstić information content (AvgIpc) is 3.97. The van der Waals surface area contributed by atoms with Gasteiger partial charge in [0.25, 0.3) is 0 Å². The minimum Gasteiger partial charge on any atom is -0.310 e. The number of fused-ring (bicyclic) bond motifs is 11. The molecular weight excluding hydrogens is 853 g/mol. The zero-order valence-corrected chi connectivity index (χ0v) is 38.4. The third-order valence-electron chi connectivity index (χ3n) is 14.1. The van der Waals surface area contributed by atoms with Gasteiger partial charge in [-0.05, 0) is 138 Å². The van der Waals surface area contributed by atoms with E-state index < -0.39 is 0 Å². The summed E-state index contributed by atoms with van der Waals surface area (Å²) in [5.41, 5.74) is 14.0. The number of hydrogen-bond acceptors (Lipinski definition) is 2. The molecule has 2 aromatic heterocycles. The van der Waals surface area contributed by atoms with Gasteiger partial charge in [0.1, 0.15) is 0 Å². The molecule has 0 unspecified atom stereocenters. The van der Waals surface area contributed by atoms with Crippen molar-refractivity contribution in [3.63, 3.8) is 0 Å². The molecule has 0 saturated heterocycles. The molecule has 2 heterocycles. The van der Waals surface area contributed by atoms with Crippen LogP contribution >= 0.6 is 11.3 Å². The van der Waals surface area contributed by atoms with Crippen molar-refractivity contribution >= 4 is 103 Å². The molecular formula is C66H42N2S. The van der Waals surface area contributed by atoms with Crippen LogP contribution in [0.4, 0.5) is 17.1 Å². The zero-order valence-electron chi connectivity index (χ0n) is 37.6. The minimum atomic E-state index is 1.09. The van der Waals surface area contributed by atoms with E-state index in [-0.39, 0.29) is 0 Å². The number of anilines is 3. The first-order valence-electron chi connectivity index (χ1n) is 23.6. The topological polar surface area (TPSA) is 8.17 Å². The van der Waals surface area contributed by atoms with E-state index in [2.05, 4.69) is 264 Å². The number of rotatable bonds is 7. The van der Waals surface area contributed by atoms with Gasteiger partial charge in [-0.3, -0.25) is 0 Å². The van der Waals surface area contributed by atoms with Crippen LogP contribution in [-0.4, -0.2) is 4.57 Å². The highest BCUT2D eigenvalue weighted by molar-refractivity contribution is 7.26. The maximum atomic E-state index is 2.39. The summed E-state index contributed by atoms with van der Waals surface area (Å²) in [6.07, 6.45) is 0. The van der Waals surface area contributed by atoms with Crippen LogP contribution in [0.15, 0.2) is 255 Å². The smallest absolute Gasteiger partial charge is 0.0541 e. The highest BCUT2D eigenvalue weighted by Gasteiger charge is 2.17. The Balaban J connectivity index is 0.856. The zero-order chi connectivity index (χ0) is 45.4. The van der Waals surface area contributed by atoms with E-state index in [1.54, 1.807) is 0 Å². The highest BCUT2D eigenvalue weighted by Crippen LogP contribution is 2.43. The number of para-hydroxylation sites is 2. The van der Waals surface area contributed by atoms with Crippen molar-refractivity contribution in [2.75, 3.05) is 4.90 Å². The van der Waals surface area contributed by atoms with E-state index in [0.717, 1.165) is 22.7 Å². The Labute approximate surface area is 403 Å². The summed E-state index contributed by atoms with van der Waals surface area (Å²) in [7, 11) is 0. The summed E-state index contributed by atoms with van der Waals surface area (Å²) < 4.78 is 5.05. The summed E-state index contributed by atoms with van der Waals surface area (Å²) >= 11 is 1.89. The lowest BCUT2D eigenvalue weighted by atomic mass is 9.97. The first-order chi connectivity index (χ1) is 34.2. The van der Waals surface area contributed by atoms with Crippen molar-refractivity contribution in [3.8, 4) is 39.1 Å². The number of thiophene rings is 1. The van der Waals surface area contributed by atoms with E-state index in [1.165, 1.54) is 108 Å². The molecule has 0 bridgehead atoms. The fourth-order valence-electron chi connectivity index (χ4n) is 10.8. The maximum absolute atomic E-state index is 2.39. The molecule has 322 valence electrons. The lowest BCUT2D eigenvalue weighted by molar-refractivity contribution is 1.18. The van der Waals surface area contributed by atoms with Gasteiger partial charge < -0.3 is 9.47 Å². The fraction of sp³-hybridized carbons (Fsp3) is 0. The normalized spacial score (nSPS) is 11.8. The molecule has 2 nitrogen and oxygen atoms in total. The molecule has 12 aromatic carbocycles. The molecule has 0 amide bonds. The van der Waals surface area contributed by atoms with Gasteiger partial charge in [-0.1, -0.05) is 182 Å². The lowest BCUT2D eigenvalue weighted by Gasteiger charge is -2.26. The van der Waals surface area contributed by atoms with Crippen LogP contribution in [-0.2, 0) is 0 Å². The molecule has 69 heavy (non-hydrogen) atoms. The van der Waals surface area contributed by atoms with Crippen LogP contribution in [0.3, 0.4) is 0 Å². The van der Waals surface area contributed by atoms with Gasteiger partial charge in [0, 0.05) is 53.7 Å². The van der Waals surface area contributed by atoms with Crippen LogP contribution < -0.4 is 4.90 Å². The third kappa shape index (κ3) is 6.62. The van der Waals surface area contributed by atoms with Crippen molar-refractivity contribution in [1.82, 2.24) is 4.57 Å². The van der Waals surface area contributed by atoms with Crippen LogP contribution in [0.2, 0.25) is 0 Å². The van der Waals surface area contributed by atoms with Crippen molar-refractivity contribution in [1.29, 1.82) is 0 Å². The molecule has 0 aliphatic rings. The molecule has 14 rings (SSSR count). The SMILES string of the molecule is c1cc(-c2ccc3ccc4ccccc4c3c2)cc(N(c2ccc(-c3cccc(-n4c5ccccc5c5ccccc54)c3)cc2)c2ccc(-c3ccc4c(c3)sc3c5ccccc5ccc43)cc2)c1. The first-order valence-corrected chi connectivity index (χ1v) is 24.5. The van der Waals surface area contributed by atoms with Gasteiger partial charge in [-0.25, -0.2) is 0 Å². The standard InChI is InChI=1S/C66H42N2S/c1-3-17-56-45(11-1)23-24-47-25-26-50(41-62(47)56)49-14-10-15-54(40-49)67(53-35-29-44(30-36-53)51-32-37-60-61-38-31-46-12-2-4-18-57(46)66(61)69-65(60)42-51)52-33-27-43(28-34-52)48-13-9-16-55(39-48)68-63-21-7-5-19-58(63)59-20-6-8-22-64(59)68/h1-42H.